The number of rotatable bonds is 5. The van der Waals surface area contributed by atoms with Crippen LogP contribution in [0.25, 0.3) is 11.4 Å². The lowest BCUT2D eigenvalue weighted by atomic mass is 10.2. The van der Waals surface area contributed by atoms with Gasteiger partial charge in [-0.3, -0.25) is 0 Å². The summed E-state index contributed by atoms with van der Waals surface area (Å²) in [5.74, 6) is 1.18. The van der Waals surface area contributed by atoms with Gasteiger partial charge < -0.3 is 14.7 Å². The Hall–Kier alpha value is -2.15. The molecule has 0 aliphatic carbocycles. The van der Waals surface area contributed by atoms with Crippen molar-refractivity contribution in [1.82, 2.24) is 15.1 Å². The van der Waals surface area contributed by atoms with Crippen LogP contribution in [0.3, 0.4) is 0 Å². The number of furan rings is 1. The average Bonchev–Trinajstić information content (AvgIpc) is 3.09. The zero-order valence-corrected chi connectivity index (χ0v) is 10.9. The van der Waals surface area contributed by atoms with Gasteiger partial charge >= 0.3 is 0 Å². The fourth-order valence-corrected chi connectivity index (χ4v) is 2.32. The zero-order chi connectivity index (χ0) is 13.1. The maximum absolute atomic E-state index is 5.58. The van der Waals surface area contributed by atoms with Crippen LogP contribution in [0.5, 0.6) is 0 Å². The molecule has 0 saturated carbocycles. The molecule has 0 bridgehead atoms. The molecule has 0 radical (unpaired) electrons. The van der Waals surface area contributed by atoms with Crippen molar-refractivity contribution in [2.75, 3.05) is 5.73 Å². The highest BCUT2D eigenvalue weighted by molar-refractivity contribution is 7.13. The van der Waals surface area contributed by atoms with Gasteiger partial charge in [-0.2, -0.15) is 4.98 Å². The maximum Gasteiger partial charge on any atom is 0.226 e. The highest BCUT2D eigenvalue weighted by Crippen LogP contribution is 2.17. The van der Waals surface area contributed by atoms with Crippen molar-refractivity contribution in [2.45, 2.75) is 19.3 Å². The van der Waals surface area contributed by atoms with Crippen molar-refractivity contribution in [3.63, 3.8) is 0 Å². The molecular formula is C12H12N4O2S. The molecule has 0 aliphatic heterocycles. The highest BCUT2D eigenvalue weighted by atomic mass is 32.1. The van der Waals surface area contributed by atoms with Gasteiger partial charge in [0.25, 0.3) is 0 Å². The minimum atomic E-state index is 0.557. The largest absolute Gasteiger partial charge is 0.472 e. The van der Waals surface area contributed by atoms with E-state index in [9.17, 15) is 0 Å². The maximum atomic E-state index is 5.58. The summed E-state index contributed by atoms with van der Waals surface area (Å²) in [6, 6.07) is 1.80. The van der Waals surface area contributed by atoms with E-state index in [0.717, 1.165) is 30.5 Å². The molecular weight excluding hydrogens is 264 g/mol. The first kappa shape index (κ1) is 11.9. The van der Waals surface area contributed by atoms with Crippen LogP contribution < -0.4 is 5.73 Å². The van der Waals surface area contributed by atoms with E-state index in [-0.39, 0.29) is 0 Å². The van der Waals surface area contributed by atoms with Crippen LogP contribution in [0.15, 0.2) is 32.9 Å². The van der Waals surface area contributed by atoms with Gasteiger partial charge in [0, 0.05) is 11.8 Å². The molecule has 19 heavy (non-hydrogen) atoms. The van der Waals surface area contributed by atoms with E-state index >= 15 is 0 Å². The fraction of sp³-hybridized carbons (Fsp3) is 0.250. The predicted molar refractivity (Wildman–Crippen MR) is 70.6 cm³/mol. The molecule has 0 aliphatic rings. The molecule has 0 atom stereocenters. The van der Waals surface area contributed by atoms with Crippen LogP contribution in [-0.2, 0) is 12.8 Å². The van der Waals surface area contributed by atoms with Gasteiger partial charge in [-0.15, -0.1) is 11.3 Å². The lowest BCUT2D eigenvalue weighted by molar-refractivity contribution is 0.376. The fourth-order valence-electron chi connectivity index (χ4n) is 1.72. The zero-order valence-electron chi connectivity index (χ0n) is 10.1. The molecule has 0 unspecified atom stereocenters. The van der Waals surface area contributed by atoms with Crippen molar-refractivity contribution in [3.05, 3.63) is 35.6 Å². The van der Waals surface area contributed by atoms with Crippen molar-refractivity contribution < 1.29 is 8.94 Å². The van der Waals surface area contributed by atoms with Gasteiger partial charge in [0.05, 0.1) is 17.5 Å². The smallest absolute Gasteiger partial charge is 0.226 e. The first-order chi connectivity index (χ1) is 9.31. The molecule has 0 aromatic carbocycles. The molecule has 2 N–H and O–H groups in total. The van der Waals surface area contributed by atoms with E-state index in [1.165, 1.54) is 11.3 Å². The number of thiazole rings is 1. The van der Waals surface area contributed by atoms with Crippen LogP contribution in [-0.4, -0.2) is 15.1 Å². The Morgan fingerprint density at radius 1 is 1.26 bits per heavy atom. The van der Waals surface area contributed by atoms with Crippen molar-refractivity contribution >= 4 is 16.5 Å². The van der Waals surface area contributed by atoms with Crippen LogP contribution in [0.2, 0.25) is 0 Å². The molecule has 0 saturated heterocycles. The molecule has 98 valence electrons. The normalized spacial score (nSPS) is 10.9. The summed E-state index contributed by atoms with van der Waals surface area (Å²) in [4.78, 5) is 8.51. The van der Waals surface area contributed by atoms with Gasteiger partial charge in [0.15, 0.2) is 5.13 Å². The molecule has 3 aromatic heterocycles. The van der Waals surface area contributed by atoms with E-state index in [0.29, 0.717) is 16.8 Å². The van der Waals surface area contributed by atoms with E-state index in [1.807, 2.05) is 5.38 Å². The first-order valence-electron chi connectivity index (χ1n) is 5.86. The molecule has 6 nitrogen and oxygen atoms in total. The summed E-state index contributed by atoms with van der Waals surface area (Å²) in [6.07, 6.45) is 5.65. The van der Waals surface area contributed by atoms with Crippen LogP contribution >= 0.6 is 11.3 Å². The second-order valence-electron chi connectivity index (χ2n) is 4.05. The summed E-state index contributed by atoms with van der Waals surface area (Å²) in [5, 5.41) is 6.49. The van der Waals surface area contributed by atoms with Crippen LogP contribution in [0.4, 0.5) is 5.13 Å². The number of aryl methyl sites for hydroxylation is 2. The molecule has 3 heterocycles. The highest BCUT2D eigenvalue weighted by Gasteiger charge is 2.09. The average molecular weight is 276 g/mol. The SMILES string of the molecule is Nc1nc(CCCc2nc(-c3ccoc3)no2)cs1. The number of nitrogen functional groups attached to an aromatic ring is 1. The Morgan fingerprint density at radius 2 is 2.21 bits per heavy atom. The number of aromatic nitrogens is 3. The van der Waals surface area contributed by atoms with E-state index in [2.05, 4.69) is 15.1 Å². The van der Waals surface area contributed by atoms with Crippen molar-refractivity contribution in [2.24, 2.45) is 0 Å². The summed E-state index contributed by atoms with van der Waals surface area (Å²) in [6.45, 7) is 0. The second-order valence-corrected chi connectivity index (χ2v) is 4.94. The minimum absolute atomic E-state index is 0.557. The lowest BCUT2D eigenvalue weighted by Crippen LogP contribution is -1.91. The van der Waals surface area contributed by atoms with Gasteiger partial charge in [-0.1, -0.05) is 5.16 Å². The first-order valence-corrected chi connectivity index (χ1v) is 6.74. The standard InChI is InChI=1S/C12H12N4O2S/c13-12-14-9(7-19-12)2-1-3-10-15-11(16-18-10)8-4-5-17-6-8/h4-7H,1-3H2,(H2,13,14). The number of hydrogen-bond donors (Lipinski definition) is 1. The molecule has 0 fully saturated rings. The topological polar surface area (TPSA) is 91.0 Å². The number of anilines is 1. The van der Waals surface area contributed by atoms with E-state index in [1.54, 1.807) is 18.6 Å². The lowest BCUT2D eigenvalue weighted by Gasteiger charge is -1.93. The van der Waals surface area contributed by atoms with E-state index < -0.39 is 0 Å². The third-order valence-electron chi connectivity index (χ3n) is 2.64. The van der Waals surface area contributed by atoms with Crippen LogP contribution in [0, 0.1) is 0 Å². The number of nitrogens with two attached hydrogens (primary N) is 1. The third-order valence-corrected chi connectivity index (χ3v) is 3.36. The molecule has 3 aromatic rings. The quantitative estimate of drug-likeness (QED) is 0.770. The van der Waals surface area contributed by atoms with E-state index in [4.69, 9.17) is 14.7 Å². The Morgan fingerprint density at radius 3 is 2.95 bits per heavy atom. The summed E-state index contributed by atoms with van der Waals surface area (Å²) in [7, 11) is 0. The summed E-state index contributed by atoms with van der Waals surface area (Å²) >= 11 is 1.46. The monoisotopic (exact) mass is 276 g/mol. The Kier molecular flexibility index (Phi) is 3.28. The molecule has 0 amide bonds. The van der Waals surface area contributed by atoms with Crippen LogP contribution in [0.1, 0.15) is 18.0 Å². The summed E-state index contributed by atoms with van der Waals surface area (Å²) < 4.78 is 10.2. The predicted octanol–water partition coefficient (Wildman–Crippen LogP) is 2.54. The number of hydrogen-bond acceptors (Lipinski definition) is 7. The Labute approximate surface area is 113 Å². The third kappa shape index (κ3) is 2.82. The van der Waals surface area contributed by atoms with Gasteiger partial charge in [0.2, 0.25) is 11.7 Å². The number of nitrogens with zero attached hydrogens (tertiary/aromatic N) is 3. The second kappa shape index (κ2) is 5.23. The molecule has 0 spiro atoms. The van der Waals surface area contributed by atoms with Gasteiger partial charge in [0.1, 0.15) is 6.26 Å². The summed E-state index contributed by atoms with van der Waals surface area (Å²) in [5.41, 5.74) is 7.41. The van der Waals surface area contributed by atoms with Crippen molar-refractivity contribution in [3.8, 4) is 11.4 Å². The Balaban J connectivity index is 1.56. The molecule has 3 rings (SSSR count). The van der Waals surface area contributed by atoms with Gasteiger partial charge in [-0.05, 0) is 18.9 Å². The Bertz CT molecular complexity index is 644. The van der Waals surface area contributed by atoms with Gasteiger partial charge in [-0.25, -0.2) is 4.98 Å². The minimum Gasteiger partial charge on any atom is -0.472 e. The van der Waals surface area contributed by atoms with Crippen molar-refractivity contribution in [1.29, 1.82) is 0 Å². The molecule has 7 heteroatoms.